The summed E-state index contributed by atoms with van der Waals surface area (Å²) in [4.78, 5) is 11.5. The van der Waals surface area contributed by atoms with E-state index in [0.29, 0.717) is 6.54 Å². The summed E-state index contributed by atoms with van der Waals surface area (Å²) >= 11 is 3.41. The number of hydrogen-bond acceptors (Lipinski definition) is 3. The van der Waals surface area contributed by atoms with Gasteiger partial charge in [-0.1, -0.05) is 6.07 Å². The Morgan fingerprint density at radius 2 is 2.24 bits per heavy atom. The Bertz CT molecular complexity index is 581. The number of methoxy groups -OCH3 is 1. The van der Waals surface area contributed by atoms with Crippen LogP contribution in [0.5, 0.6) is 5.75 Å². The fourth-order valence-electron chi connectivity index (χ4n) is 1.49. The second-order valence-corrected chi connectivity index (χ2v) is 4.34. The molecule has 0 aliphatic rings. The largest absolute Gasteiger partial charge is 0.496 e. The number of hydrogen-bond donors (Lipinski definition) is 0. The third-order valence-electron chi connectivity index (χ3n) is 2.33. The quantitative estimate of drug-likeness (QED) is 0.870. The molecular weight excluding hydrogens is 284 g/mol. The summed E-state index contributed by atoms with van der Waals surface area (Å²) in [6.45, 7) is 0.447. The molecule has 0 spiro atoms. The van der Waals surface area contributed by atoms with Crippen molar-refractivity contribution in [2.75, 3.05) is 7.11 Å². The van der Waals surface area contributed by atoms with Crippen molar-refractivity contribution in [2.24, 2.45) is 0 Å². The van der Waals surface area contributed by atoms with Crippen molar-refractivity contribution in [1.82, 2.24) is 9.78 Å². The SMILES string of the molecule is COc1ccc(Cn2ncccc2=O)cc1Br. The minimum atomic E-state index is -0.112. The number of ether oxygens (including phenoxy) is 1. The molecular formula is C12H11BrN2O2. The van der Waals surface area contributed by atoms with E-state index >= 15 is 0 Å². The zero-order chi connectivity index (χ0) is 12.3. The number of halogens is 1. The molecule has 88 valence electrons. The average molecular weight is 295 g/mol. The van der Waals surface area contributed by atoms with Crippen molar-refractivity contribution in [3.05, 3.63) is 56.9 Å². The Morgan fingerprint density at radius 3 is 2.88 bits per heavy atom. The molecule has 5 heteroatoms. The van der Waals surface area contributed by atoms with Crippen LogP contribution in [0, 0.1) is 0 Å². The number of nitrogens with zero attached hydrogens (tertiary/aromatic N) is 2. The molecule has 1 aromatic heterocycles. The lowest BCUT2D eigenvalue weighted by molar-refractivity contribution is 0.412. The predicted molar refractivity (Wildman–Crippen MR) is 68.3 cm³/mol. The van der Waals surface area contributed by atoms with Crippen LogP contribution in [0.1, 0.15) is 5.56 Å². The highest BCUT2D eigenvalue weighted by molar-refractivity contribution is 9.10. The molecule has 1 heterocycles. The van der Waals surface area contributed by atoms with E-state index in [-0.39, 0.29) is 5.56 Å². The highest BCUT2D eigenvalue weighted by atomic mass is 79.9. The Kier molecular flexibility index (Phi) is 3.58. The lowest BCUT2D eigenvalue weighted by Gasteiger charge is -2.07. The van der Waals surface area contributed by atoms with Crippen LogP contribution >= 0.6 is 15.9 Å². The van der Waals surface area contributed by atoms with Crippen LogP contribution < -0.4 is 10.3 Å². The summed E-state index contributed by atoms with van der Waals surface area (Å²) in [5, 5.41) is 4.00. The van der Waals surface area contributed by atoms with Gasteiger partial charge < -0.3 is 4.74 Å². The lowest BCUT2D eigenvalue weighted by atomic mass is 10.2. The van der Waals surface area contributed by atoms with Crippen LogP contribution in [-0.4, -0.2) is 16.9 Å². The first-order valence-corrected chi connectivity index (χ1v) is 5.84. The maximum absolute atomic E-state index is 11.5. The third kappa shape index (κ3) is 2.74. The molecule has 0 amide bonds. The Morgan fingerprint density at radius 1 is 1.41 bits per heavy atom. The van der Waals surface area contributed by atoms with Crippen molar-refractivity contribution in [3.63, 3.8) is 0 Å². The number of rotatable bonds is 3. The van der Waals surface area contributed by atoms with E-state index in [9.17, 15) is 4.79 Å². The van der Waals surface area contributed by atoms with Crippen LogP contribution in [0.25, 0.3) is 0 Å². The van der Waals surface area contributed by atoms with Gasteiger partial charge in [-0.05, 0) is 39.7 Å². The van der Waals surface area contributed by atoms with Gasteiger partial charge in [0.2, 0.25) is 0 Å². The van der Waals surface area contributed by atoms with E-state index in [1.807, 2.05) is 18.2 Å². The van der Waals surface area contributed by atoms with E-state index in [4.69, 9.17) is 4.74 Å². The predicted octanol–water partition coefficient (Wildman–Crippen LogP) is 2.06. The Hall–Kier alpha value is -1.62. The van der Waals surface area contributed by atoms with Crippen LogP contribution in [0.3, 0.4) is 0 Å². The van der Waals surface area contributed by atoms with Crippen LogP contribution in [0.4, 0.5) is 0 Å². The molecule has 2 aromatic rings. The summed E-state index contributed by atoms with van der Waals surface area (Å²) in [6.07, 6.45) is 1.60. The second kappa shape index (κ2) is 5.14. The molecule has 0 bridgehead atoms. The second-order valence-electron chi connectivity index (χ2n) is 3.49. The van der Waals surface area contributed by atoms with Gasteiger partial charge in [-0.3, -0.25) is 4.79 Å². The topological polar surface area (TPSA) is 44.1 Å². The van der Waals surface area contributed by atoms with E-state index in [0.717, 1.165) is 15.8 Å². The van der Waals surface area contributed by atoms with Crippen LogP contribution in [0.2, 0.25) is 0 Å². The highest BCUT2D eigenvalue weighted by Crippen LogP contribution is 2.25. The van der Waals surface area contributed by atoms with Crippen molar-refractivity contribution >= 4 is 15.9 Å². The Balaban J connectivity index is 2.28. The van der Waals surface area contributed by atoms with E-state index < -0.39 is 0 Å². The number of aromatic nitrogens is 2. The molecule has 17 heavy (non-hydrogen) atoms. The maximum atomic E-state index is 11.5. The van der Waals surface area contributed by atoms with Crippen LogP contribution in [-0.2, 0) is 6.54 Å². The van der Waals surface area contributed by atoms with Gasteiger partial charge >= 0.3 is 0 Å². The van der Waals surface area contributed by atoms with Gasteiger partial charge in [-0.15, -0.1) is 0 Å². The molecule has 2 rings (SSSR count). The van der Waals surface area contributed by atoms with E-state index in [2.05, 4.69) is 21.0 Å². The van der Waals surface area contributed by atoms with Crippen LogP contribution in [0.15, 0.2) is 45.8 Å². The van der Waals surface area contributed by atoms with Gasteiger partial charge in [-0.25, -0.2) is 4.68 Å². The van der Waals surface area contributed by atoms with Crippen molar-refractivity contribution < 1.29 is 4.74 Å². The van der Waals surface area contributed by atoms with Gasteiger partial charge in [0.1, 0.15) is 5.75 Å². The molecule has 0 fully saturated rings. The molecule has 0 radical (unpaired) electrons. The zero-order valence-corrected chi connectivity index (χ0v) is 10.8. The van der Waals surface area contributed by atoms with E-state index in [1.165, 1.54) is 10.7 Å². The number of benzene rings is 1. The van der Waals surface area contributed by atoms with Gasteiger partial charge in [0, 0.05) is 12.3 Å². The van der Waals surface area contributed by atoms with Crippen molar-refractivity contribution in [3.8, 4) is 5.75 Å². The average Bonchev–Trinajstić information content (AvgIpc) is 2.32. The normalized spacial score (nSPS) is 10.2. The maximum Gasteiger partial charge on any atom is 0.267 e. The fraction of sp³-hybridized carbons (Fsp3) is 0.167. The lowest BCUT2D eigenvalue weighted by Crippen LogP contribution is -2.21. The van der Waals surface area contributed by atoms with Crippen molar-refractivity contribution in [1.29, 1.82) is 0 Å². The van der Waals surface area contributed by atoms with Crippen molar-refractivity contribution in [2.45, 2.75) is 6.54 Å². The summed E-state index contributed by atoms with van der Waals surface area (Å²) in [7, 11) is 1.61. The highest BCUT2D eigenvalue weighted by Gasteiger charge is 2.03. The first-order chi connectivity index (χ1) is 8.20. The molecule has 4 nitrogen and oxygen atoms in total. The zero-order valence-electron chi connectivity index (χ0n) is 9.26. The van der Waals surface area contributed by atoms with Gasteiger partial charge in [0.25, 0.3) is 5.56 Å². The molecule has 0 atom stereocenters. The molecule has 0 N–H and O–H groups in total. The Labute approximate surface area is 107 Å². The molecule has 0 saturated carbocycles. The molecule has 1 aromatic carbocycles. The monoisotopic (exact) mass is 294 g/mol. The summed E-state index contributed by atoms with van der Waals surface area (Å²) in [6, 6.07) is 8.80. The first-order valence-electron chi connectivity index (χ1n) is 5.05. The standard InChI is InChI=1S/C12H11BrN2O2/c1-17-11-5-4-9(7-10(11)13)8-15-12(16)3-2-6-14-15/h2-7H,8H2,1H3. The summed E-state index contributed by atoms with van der Waals surface area (Å²) < 4.78 is 7.42. The molecule has 0 aliphatic heterocycles. The van der Waals surface area contributed by atoms with Gasteiger partial charge in [0.05, 0.1) is 18.1 Å². The molecule has 0 saturated heterocycles. The first kappa shape index (κ1) is 11.9. The third-order valence-corrected chi connectivity index (χ3v) is 2.95. The summed E-state index contributed by atoms with van der Waals surface area (Å²) in [5.41, 5.74) is 0.873. The molecule has 0 aliphatic carbocycles. The minimum Gasteiger partial charge on any atom is -0.496 e. The van der Waals surface area contributed by atoms with Gasteiger partial charge in [-0.2, -0.15) is 5.10 Å². The van der Waals surface area contributed by atoms with E-state index in [1.54, 1.807) is 19.4 Å². The molecule has 0 unspecified atom stereocenters. The smallest absolute Gasteiger partial charge is 0.267 e. The van der Waals surface area contributed by atoms with Gasteiger partial charge in [0.15, 0.2) is 0 Å². The minimum absolute atomic E-state index is 0.112. The fourth-order valence-corrected chi connectivity index (χ4v) is 2.08. The summed E-state index contributed by atoms with van der Waals surface area (Å²) in [5.74, 6) is 0.766.